The molecule has 0 bridgehead atoms. The predicted octanol–water partition coefficient (Wildman–Crippen LogP) is 4.47. The Morgan fingerprint density at radius 3 is 2.87 bits per heavy atom. The minimum Gasteiger partial charge on any atom is -0.312 e. The molecule has 0 aliphatic heterocycles. The summed E-state index contributed by atoms with van der Waals surface area (Å²) < 4.78 is 4.08. The third-order valence-electron chi connectivity index (χ3n) is 3.25. The highest BCUT2D eigenvalue weighted by Crippen LogP contribution is 2.23. The van der Waals surface area contributed by atoms with Crippen LogP contribution in [0.15, 0.2) is 40.3 Å². The number of benzene rings is 1. The molecule has 1 amide bonds. The SMILES string of the molecule is C=CCn1c(=NC(=O)c2sc(C)nc2C)sc2cc(Br)ccc21. The number of fused-ring (bicyclic) bond motifs is 1. The summed E-state index contributed by atoms with van der Waals surface area (Å²) in [5.41, 5.74) is 1.78. The van der Waals surface area contributed by atoms with Gasteiger partial charge < -0.3 is 4.57 Å². The summed E-state index contributed by atoms with van der Waals surface area (Å²) in [7, 11) is 0. The lowest BCUT2D eigenvalue weighted by molar-refractivity contribution is 0.100. The van der Waals surface area contributed by atoms with E-state index in [-0.39, 0.29) is 5.91 Å². The Morgan fingerprint density at radius 2 is 2.22 bits per heavy atom. The Kier molecular flexibility index (Phi) is 4.61. The van der Waals surface area contributed by atoms with E-state index in [0.29, 0.717) is 16.2 Å². The lowest BCUT2D eigenvalue weighted by atomic mass is 10.3. The second-order valence-corrected chi connectivity index (χ2v) is 8.09. The normalized spacial score (nSPS) is 12.0. The van der Waals surface area contributed by atoms with Crippen molar-refractivity contribution in [3.8, 4) is 0 Å². The molecule has 3 rings (SSSR count). The number of rotatable bonds is 3. The summed E-state index contributed by atoms with van der Waals surface area (Å²) in [6.07, 6.45) is 1.81. The fourth-order valence-electron chi connectivity index (χ4n) is 2.31. The van der Waals surface area contributed by atoms with Crippen LogP contribution >= 0.6 is 38.6 Å². The van der Waals surface area contributed by atoms with E-state index in [1.807, 2.05) is 36.6 Å². The van der Waals surface area contributed by atoms with Crippen LogP contribution in [-0.2, 0) is 6.54 Å². The molecule has 0 aliphatic rings. The van der Waals surface area contributed by atoms with E-state index in [9.17, 15) is 4.79 Å². The van der Waals surface area contributed by atoms with Gasteiger partial charge in [0.25, 0.3) is 5.91 Å². The molecule has 2 aromatic heterocycles. The molecule has 7 heteroatoms. The zero-order chi connectivity index (χ0) is 16.6. The third kappa shape index (κ3) is 3.22. The van der Waals surface area contributed by atoms with Gasteiger partial charge in [0.05, 0.1) is 20.9 Å². The number of thiazole rings is 2. The van der Waals surface area contributed by atoms with Crippen molar-refractivity contribution in [2.45, 2.75) is 20.4 Å². The number of nitrogens with zero attached hydrogens (tertiary/aromatic N) is 3. The minimum absolute atomic E-state index is 0.239. The van der Waals surface area contributed by atoms with E-state index in [1.54, 1.807) is 6.08 Å². The highest BCUT2D eigenvalue weighted by Gasteiger charge is 2.14. The van der Waals surface area contributed by atoms with E-state index in [0.717, 1.165) is 25.4 Å². The quantitative estimate of drug-likeness (QED) is 0.601. The number of allylic oxidation sites excluding steroid dienone is 1. The molecule has 0 unspecified atom stereocenters. The smallest absolute Gasteiger partial charge is 0.291 e. The summed E-state index contributed by atoms with van der Waals surface area (Å²) in [6.45, 7) is 8.13. The first-order valence-corrected chi connectivity index (χ1v) is 9.35. The molecular formula is C16H14BrN3OS2. The van der Waals surface area contributed by atoms with E-state index < -0.39 is 0 Å². The number of aryl methyl sites for hydroxylation is 2. The second kappa shape index (κ2) is 6.51. The van der Waals surface area contributed by atoms with Crippen LogP contribution in [0.2, 0.25) is 0 Å². The molecule has 0 saturated carbocycles. The van der Waals surface area contributed by atoms with Crippen molar-refractivity contribution in [3.05, 3.63) is 55.7 Å². The first kappa shape index (κ1) is 16.3. The minimum atomic E-state index is -0.239. The summed E-state index contributed by atoms with van der Waals surface area (Å²) in [6, 6.07) is 6.03. The van der Waals surface area contributed by atoms with E-state index in [1.165, 1.54) is 22.7 Å². The van der Waals surface area contributed by atoms with E-state index in [4.69, 9.17) is 0 Å². The van der Waals surface area contributed by atoms with Gasteiger partial charge in [0.15, 0.2) is 4.80 Å². The molecule has 0 radical (unpaired) electrons. The highest BCUT2D eigenvalue weighted by atomic mass is 79.9. The van der Waals surface area contributed by atoms with Crippen molar-refractivity contribution < 1.29 is 4.79 Å². The van der Waals surface area contributed by atoms with Crippen LogP contribution in [0.5, 0.6) is 0 Å². The van der Waals surface area contributed by atoms with Gasteiger partial charge in [-0.2, -0.15) is 4.99 Å². The molecule has 0 spiro atoms. The monoisotopic (exact) mass is 407 g/mol. The molecule has 0 saturated heterocycles. The number of hydrogen-bond donors (Lipinski definition) is 0. The molecule has 0 N–H and O–H groups in total. The summed E-state index contributed by atoms with van der Waals surface area (Å²) in [5.74, 6) is -0.239. The van der Waals surface area contributed by atoms with Crippen molar-refractivity contribution in [1.29, 1.82) is 0 Å². The van der Waals surface area contributed by atoms with Crippen LogP contribution in [-0.4, -0.2) is 15.5 Å². The molecule has 0 aliphatic carbocycles. The van der Waals surface area contributed by atoms with Gasteiger partial charge in [-0.15, -0.1) is 17.9 Å². The van der Waals surface area contributed by atoms with Crippen molar-refractivity contribution >= 4 is 54.7 Å². The van der Waals surface area contributed by atoms with Gasteiger partial charge in [-0.3, -0.25) is 4.79 Å². The maximum Gasteiger partial charge on any atom is 0.291 e. The molecule has 1 aromatic carbocycles. The van der Waals surface area contributed by atoms with Crippen LogP contribution < -0.4 is 4.80 Å². The molecule has 4 nitrogen and oxygen atoms in total. The maximum absolute atomic E-state index is 12.5. The summed E-state index contributed by atoms with van der Waals surface area (Å²) in [4.78, 5) is 22.4. The number of hydrogen-bond acceptors (Lipinski definition) is 4. The first-order valence-electron chi connectivity index (χ1n) is 6.92. The van der Waals surface area contributed by atoms with Crippen LogP contribution in [0.25, 0.3) is 10.2 Å². The van der Waals surface area contributed by atoms with Crippen molar-refractivity contribution in [2.75, 3.05) is 0 Å². The van der Waals surface area contributed by atoms with Gasteiger partial charge in [-0.05, 0) is 32.0 Å². The highest BCUT2D eigenvalue weighted by molar-refractivity contribution is 9.10. The molecule has 23 heavy (non-hydrogen) atoms. The molecular weight excluding hydrogens is 394 g/mol. The van der Waals surface area contributed by atoms with Gasteiger partial charge in [0.1, 0.15) is 4.88 Å². The lowest BCUT2D eigenvalue weighted by Gasteiger charge is -2.00. The van der Waals surface area contributed by atoms with Crippen molar-refractivity contribution in [3.63, 3.8) is 0 Å². The maximum atomic E-state index is 12.5. The average molecular weight is 408 g/mol. The largest absolute Gasteiger partial charge is 0.312 e. The van der Waals surface area contributed by atoms with E-state index in [2.05, 4.69) is 32.5 Å². The molecule has 3 aromatic rings. The number of carbonyl (C=O) groups excluding carboxylic acids is 1. The fourth-order valence-corrected chi connectivity index (χ4v) is 4.70. The Bertz CT molecular complexity index is 981. The first-order chi connectivity index (χ1) is 11.0. The Hall–Kier alpha value is -1.57. The lowest BCUT2D eigenvalue weighted by Crippen LogP contribution is -2.16. The van der Waals surface area contributed by atoms with E-state index >= 15 is 0 Å². The number of amides is 1. The zero-order valence-corrected chi connectivity index (χ0v) is 15.9. The Balaban J connectivity index is 2.17. The molecule has 0 fully saturated rings. The molecule has 118 valence electrons. The summed E-state index contributed by atoms with van der Waals surface area (Å²) in [5, 5.41) is 0.875. The Morgan fingerprint density at radius 1 is 1.43 bits per heavy atom. The number of aromatic nitrogens is 2. The third-order valence-corrected chi connectivity index (χ3v) is 5.85. The van der Waals surface area contributed by atoms with Crippen LogP contribution in [0, 0.1) is 13.8 Å². The Labute approximate surface area is 150 Å². The van der Waals surface area contributed by atoms with Crippen LogP contribution in [0.4, 0.5) is 0 Å². The standard InChI is InChI=1S/C16H14BrN3OS2/c1-4-7-20-12-6-5-11(17)8-13(12)23-16(20)19-15(21)14-9(2)18-10(3)22-14/h4-6,8H,1,7H2,2-3H3. The fraction of sp³-hybridized carbons (Fsp3) is 0.188. The van der Waals surface area contributed by atoms with Crippen LogP contribution in [0.3, 0.4) is 0 Å². The number of carbonyl (C=O) groups is 1. The van der Waals surface area contributed by atoms with Gasteiger partial charge in [-0.1, -0.05) is 33.3 Å². The predicted molar refractivity (Wildman–Crippen MR) is 99.2 cm³/mol. The summed E-state index contributed by atoms with van der Waals surface area (Å²) >= 11 is 6.36. The molecule has 0 atom stereocenters. The topological polar surface area (TPSA) is 47.2 Å². The van der Waals surface area contributed by atoms with Gasteiger partial charge in [0, 0.05) is 11.0 Å². The molecule has 2 heterocycles. The van der Waals surface area contributed by atoms with Gasteiger partial charge in [0.2, 0.25) is 0 Å². The average Bonchev–Trinajstić information content (AvgIpc) is 2.99. The van der Waals surface area contributed by atoms with Crippen LogP contribution in [0.1, 0.15) is 20.4 Å². The van der Waals surface area contributed by atoms with Gasteiger partial charge >= 0.3 is 0 Å². The second-order valence-electron chi connectivity index (χ2n) is 4.96. The number of halogens is 1. The van der Waals surface area contributed by atoms with Gasteiger partial charge in [-0.25, -0.2) is 4.98 Å². The van der Waals surface area contributed by atoms with Crippen molar-refractivity contribution in [1.82, 2.24) is 9.55 Å². The van der Waals surface area contributed by atoms with Crippen molar-refractivity contribution in [2.24, 2.45) is 4.99 Å². The zero-order valence-electron chi connectivity index (χ0n) is 12.7.